The monoisotopic (exact) mass is 351 g/mol. The van der Waals surface area contributed by atoms with Gasteiger partial charge in [0.1, 0.15) is 12.6 Å². The first-order valence-corrected chi connectivity index (χ1v) is 8.48. The van der Waals surface area contributed by atoms with Crippen LogP contribution < -0.4 is 5.73 Å². The maximum absolute atomic E-state index is 12.6. The molecule has 0 bridgehead atoms. The van der Waals surface area contributed by atoms with Gasteiger partial charge < -0.3 is 15.4 Å². The van der Waals surface area contributed by atoms with E-state index in [4.69, 9.17) is 10.5 Å². The largest absolute Gasteiger partial charge is 0.465 e. The highest BCUT2D eigenvalue weighted by molar-refractivity contribution is 7.14. The van der Waals surface area contributed by atoms with Gasteiger partial charge in [0.25, 0.3) is 11.8 Å². The Balaban J connectivity index is 1.77. The maximum atomic E-state index is 12.6. The minimum absolute atomic E-state index is 0.0991. The van der Waals surface area contributed by atoms with Gasteiger partial charge in [0.15, 0.2) is 0 Å². The van der Waals surface area contributed by atoms with Crippen LogP contribution in [0.1, 0.15) is 35.7 Å². The molecule has 2 N–H and O–H groups in total. The molecule has 0 saturated carbocycles. The third kappa shape index (κ3) is 2.64. The Bertz CT molecular complexity index is 729. The topological polar surface area (TPSA) is 110 Å². The summed E-state index contributed by atoms with van der Waals surface area (Å²) in [5.74, 6) is -1.87. The van der Waals surface area contributed by atoms with Crippen molar-refractivity contribution < 1.29 is 23.9 Å². The molecule has 3 amide bonds. The molecule has 3 heterocycles. The predicted octanol–water partition coefficient (Wildman–Crippen LogP) is 0.367. The number of hydrogen-bond donors (Lipinski definition) is 1. The quantitative estimate of drug-likeness (QED) is 0.620. The number of hydrogen-bond acceptors (Lipinski definition) is 7. The third-order valence-electron chi connectivity index (χ3n) is 4.20. The first kappa shape index (κ1) is 16.4. The lowest BCUT2D eigenvalue weighted by Gasteiger charge is -2.35. The van der Waals surface area contributed by atoms with Crippen molar-refractivity contribution in [2.24, 2.45) is 0 Å². The molecule has 1 unspecified atom stereocenters. The molecule has 0 aromatic carbocycles. The molecule has 2 aliphatic rings. The number of nitrogens with two attached hydrogens (primary N) is 1. The molecular weight excluding hydrogens is 334 g/mol. The lowest BCUT2D eigenvalue weighted by atomic mass is 10.0. The second kappa shape index (κ2) is 6.23. The van der Waals surface area contributed by atoms with Crippen molar-refractivity contribution in [1.29, 1.82) is 0 Å². The van der Waals surface area contributed by atoms with E-state index in [-0.39, 0.29) is 31.9 Å². The molecule has 3 rings (SSSR count). The normalized spacial score (nSPS) is 20.5. The number of nitrogen functional groups attached to an aromatic ring is 1. The van der Waals surface area contributed by atoms with Crippen LogP contribution >= 0.6 is 11.3 Å². The number of amides is 3. The smallest absolute Gasteiger partial charge is 0.326 e. The Morgan fingerprint density at radius 1 is 1.42 bits per heavy atom. The molecule has 128 valence electrons. The minimum Gasteiger partial charge on any atom is -0.465 e. The number of rotatable bonds is 4. The van der Waals surface area contributed by atoms with Crippen molar-refractivity contribution in [3.8, 4) is 0 Å². The molecule has 8 nitrogen and oxygen atoms in total. The van der Waals surface area contributed by atoms with Gasteiger partial charge in [0.05, 0.1) is 23.7 Å². The molecule has 0 radical (unpaired) electrons. The molecule has 24 heavy (non-hydrogen) atoms. The van der Waals surface area contributed by atoms with E-state index in [9.17, 15) is 19.2 Å². The lowest BCUT2D eigenvalue weighted by molar-refractivity contribution is -0.160. The number of likely N-dealkylation sites (tertiary alicyclic amines) is 1. The van der Waals surface area contributed by atoms with Crippen LogP contribution in [0.4, 0.5) is 5.00 Å². The maximum Gasteiger partial charge on any atom is 0.326 e. The summed E-state index contributed by atoms with van der Waals surface area (Å²) in [7, 11) is 0. The summed E-state index contributed by atoms with van der Waals surface area (Å²) < 4.78 is 4.80. The number of nitrogens with zero attached hydrogens (tertiary/aromatic N) is 2. The van der Waals surface area contributed by atoms with E-state index in [0.717, 1.165) is 10.5 Å². The first-order valence-electron chi connectivity index (χ1n) is 7.60. The zero-order chi connectivity index (χ0) is 17.4. The Kier molecular flexibility index (Phi) is 4.27. The van der Waals surface area contributed by atoms with Crippen molar-refractivity contribution in [3.63, 3.8) is 0 Å². The average molecular weight is 351 g/mol. The zero-order valence-electron chi connectivity index (χ0n) is 13.1. The highest BCUT2D eigenvalue weighted by Crippen LogP contribution is 2.35. The summed E-state index contributed by atoms with van der Waals surface area (Å²) >= 11 is 1.29. The van der Waals surface area contributed by atoms with E-state index in [1.807, 2.05) is 0 Å². The summed E-state index contributed by atoms with van der Waals surface area (Å²) in [6.45, 7) is 1.64. The van der Waals surface area contributed by atoms with Gasteiger partial charge >= 0.3 is 5.97 Å². The molecule has 0 aliphatic carbocycles. The van der Waals surface area contributed by atoms with Crippen molar-refractivity contribution in [2.75, 3.05) is 18.9 Å². The molecule has 0 spiro atoms. The highest BCUT2D eigenvalue weighted by atomic mass is 32.1. The number of anilines is 1. The Morgan fingerprint density at radius 3 is 2.83 bits per heavy atom. The van der Waals surface area contributed by atoms with E-state index >= 15 is 0 Å². The molecule has 9 heteroatoms. The summed E-state index contributed by atoms with van der Waals surface area (Å²) in [5, 5.41) is 2.24. The van der Waals surface area contributed by atoms with E-state index in [0.29, 0.717) is 10.6 Å². The van der Waals surface area contributed by atoms with Crippen LogP contribution in [0.25, 0.3) is 0 Å². The minimum atomic E-state index is -0.763. The van der Waals surface area contributed by atoms with Gasteiger partial charge in [-0.2, -0.15) is 0 Å². The number of ether oxygens (including phenoxy) is 1. The van der Waals surface area contributed by atoms with Gasteiger partial charge in [0, 0.05) is 17.4 Å². The van der Waals surface area contributed by atoms with Gasteiger partial charge in [-0.25, -0.2) is 0 Å². The van der Waals surface area contributed by atoms with Crippen molar-refractivity contribution >= 4 is 40.0 Å². The second-order valence-electron chi connectivity index (χ2n) is 5.60. The number of piperidine rings is 1. The summed E-state index contributed by atoms with van der Waals surface area (Å²) in [4.78, 5) is 51.0. The fraction of sp³-hybridized carbons (Fsp3) is 0.467. The van der Waals surface area contributed by atoms with Crippen LogP contribution in [0.3, 0.4) is 0 Å². The van der Waals surface area contributed by atoms with E-state index in [2.05, 4.69) is 0 Å². The number of carbonyl (C=O) groups is 4. The Morgan fingerprint density at radius 2 is 2.17 bits per heavy atom. The second-order valence-corrected chi connectivity index (χ2v) is 6.51. The van der Waals surface area contributed by atoms with Crippen molar-refractivity contribution in [2.45, 2.75) is 32.4 Å². The molecule has 1 aromatic rings. The third-order valence-corrected chi connectivity index (χ3v) is 5.05. The molecular formula is C15H17N3O5S. The van der Waals surface area contributed by atoms with Gasteiger partial charge in [-0.3, -0.25) is 24.1 Å². The fourth-order valence-electron chi connectivity index (χ4n) is 3.00. The van der Waals surface area contributed by atoms with Crippen LogP contribution in [0, 0.1) is 0 Å². The number of carbonyl (C=O) groups excluding carboxylic acids is 4. The molecule has 2 aliphatic heterocycles. The van der Waals surface area contributed by atoms with Gasteiger partial charge in [-0.15, -0.1) is 11.3 Å². The first-order chi connectivity index (χ1) is 11.4. The predicted molar refractivity (Wildman–Crippen MR) is 85.0 cm³/mol. The van der Waals surface area contributed by atoms with Gasteiger partial charge in [0.2, 0.25) is 5.91 Å². The van der Waals surface area contributed by atoms with Crippen LogP contribution in [0.15, 0.2) is 5.38 Å². The van der Waals surface area contributed by atoms with Crippen LogP contribution in [0.5, 0.6) is 0 Å². The summed E-state index contributed by atoms with van der Waals surface area (Å²) in [5.41, 5.74) is 7.10. The van der Waals surface area contributed by atoms with Gasteiger partial charge in [-0.05, 0) is 13.3 Å². The van der Waals surface area contributed by atoms with E-state index in [1.54, 1.807) is 12.3 Å². The molecule has 1 saturated heterocycles. The van der Waals surface area contributed by atoms with Gasteiger partial charge in [-0.1, -0.05) is 0 Å². The number of thiophene rings is 1. The molecule has 1 aromatic heterocycles. The fourth-order valence-corrected chi connectivity index (χ4v) is 3.81. The Labute approximate surface area is 142 Å². The van der Waals surface area contributed by atoms with Crippen LogP contribution in [-0.2, 0) is 25.7 Å². The zero-order valence-corrected chi connectivity index (χ0v) is 13.9. The summed E-state index contributed by atoms with van der Waals surface area (Å²) in [6, 6.07) is -0.763. The Hall–Kier alpha value is -2.42. The average Bonchev–Trinajstić information content (AvgIpc) is 3.05. The molecule has 1 atom stereocenters. The van der Waals surface area contributed by atoms with Crippen LogP contribution in [0.2, 0.25) is 0 Å². The summed E-state index contributed by atoms with van der Waals surface area (Å²) in [6.07, 6.45) is 0.345. The molecule has 1 fully saturated rings. The SMILES string of the molecule is CCOC(=O)CN1C(=O)CCC(N2Cc3c(csc3N)C2=O)C1=O. The van der Waals surface area contributed by atoms with E-state index < -0.39 is 30.4 Å². The highest BCUT2D eigenvalue weighted by Gasteiger charge is 2.44. The van der Waals surface area contributed by atoms with Crippen LogP contribution in [-0.4, -0.2) is 52.7 Å². The number of imide groups is 1. The van der Waals surface area contributed by atoms with E-state index in [1.165, 1.54) is 16.2 Å². The lowest BCUT2D eigenvalue weighted by Crippen LogP contribution is -2.55. The van der Waals surface area contributed by atoms with Crippen molar-refractivity contribution in [1.82, 2.24) is 9.80 Å². The number of fused-ring (bicyclic) bond motifs is 1. The number of esters is 1. The standard InChI is InChI=1S/C15H17N3O5S/c1-2-23-12(20)6-18-11(19)4-3-10(15(18)22)17-5-8-9(14(17)21)7-24-13(8)16/h7,10H,2-6,16H2,1H3. The van der Waals surface area contributed by atoms with Crippen molar-refractivity contribution in [3.05, 3.63) is 16.5 Å².